The molecule has 0 unspecified atom stereocenters. The van der Waals surface area contributed by atoms with Crippen LogP contribution >= 0.6 is 11.8 Å². The van der Waals surface area contributed by atoms with Gasteiger partial charge in [0.1, 0.15) is 67.9 Å². The molecule has 87 heavy (non-hydrogen) atoms. The van der Waals surface area contributed by atoms with Gasteiger partial charge < -0.3 is 76.4 Å². The highest BCUT2D eigenvalue weighted by Crippen LogP contribution is 2.45. The number of nitrogens with one attached hydrogen (secondary N) is 1. The Balaban J connectivity index is 1.62. The highest BCUT2D eigenvalue weighted by Gasteiger charge is 2.65. The number of thioether (sulfide) groups is 1. The molecular formula is C56H66N2O28S. The lowest BCUT2D eigenvalue weighted by molar-refractivity contribution is -0.380. The number of rotatable bonds is 23. The smallest absolute Gasteiger partial charge is 0.366 e. The quantitative estimate of drug-likeness (QED) is 0.0925. The fourth-order valence-corrected chi connectivity index (χ4v) is 11.4. The van der Waals surface area contributed by atoms with Crippen LogP contribution in [0.4, 0.5) is 0 Å². The van der Waals surface area contributed by atoms with Crippen LogP contribution in [0.5, 0.6) is 0 Å². The molecule has 4 aliphatic heterocycles. The molecule has 0 saturated carbocycles. The van der Waals surface area contributed by atoms with E-state index >= 15 is 0 Å². The van der Waals surface area contributed by atoms with E-state index in [1.54, 1.807) is 30.3 Å². The number of hydrogen-bond acceptors (Lipinski definition) is 29. The van der Waals surface area contributed by atoms with Gasteiger partial charge in [0.15, 0.2) is 36.8 Å². The molecule has 2 aromatic carbocycles. The number of carbonyl (C=O) groups excluding carboxylic acids is 13. The molecule has 1 N–H and O–H groups in total. The van der Waals surface area contributed by atoms with E-state index in [4.69, 9.17) is 71.1 Å². The highest BCUT2D eigenvalue weighted by atomic mass is 32.2. The maximum absolute atomic E-state index is 14.9. The summed E-state index contributed by atoms with van der Waals surface area (Å²) in [6.45, 7) is 7.09. The number of imide groups is 1. The summed E-state index contributed by atoms with van der Waals surface area (Å²) in [6.07, 6.45) is -25.2. The molecule has 474 valence electrons. The molecule has 30 nitrogen and oxygen atoms in total. The maximum atomic E-state index is 14.9. The molecule has 2 aromatic rings. The van der Waals surface area contributed by atoms with Crippen LogP contribution in [0, 0.1) is 0 Å². The number of hydrogen-bond donors (Lipinski definition) is 1. The second-order valence-electron chi connectivity index (χ2n) is 20.0. The second-order valence-corrected chi connectivity index (χ2v) is 21.1. The predicted octanol–water partition coefficient (Wildman–Crippen LogP) is 1.11. The normalized spacial score (nSPS) is 28.2. The van der Waals surface area contributed by atoms with Gasteiger partial charge in [-0.05, 0) is 24.3 Å². The van der Waals surface area contributed by atoms with Gasteiger partial charge in [0.2, 0.25) is 5.91 Å². The molecule has 31 heteroatoms. The minimum Gasteiger partial charge on any atom is -0.465 e. The number of methoxy groups -OCH3 is 1. The summed E-state index contributed by atoms with van der Waals surface area (Å²) in [7, 11) is 0.834. The summed E-state index contributed by atoms with van der Waals surface area (Å²) in [5, 5.41) is 2.52. The molecule has 0 aromatic heterocycles. The van der Waals surface area contributed by atoms with E-state index in [2.05, 4.69) is 5.32 Å². The van der Waals surface area contributed by atoms with Crippen molar-refractivity contribution < 1.29 is 133 Å². The van der Waals surface area contributed by atoms with Crippen molar-refractivity contribution in [3.8, 4) is 0 Å². The van der Waals surface area contributed by atoms with Crippen molar-refractivity contribution in [3.05, 3.63) is 65.7 Å². The first-order chi connectivity index (χ1) is 41.0. The lowest BCUT2D eigenvalue weighted by Gasteiger charge is -2.53. The van der Waals surface area contributed by atoms with Crippen molar-refractivity contribution >= 4 is 89.2 Å². The van der Waals surface area contributed by atoms with Crippen molar-refractivity contribution in [1.82, 2.24) is 10.2 Å². The third-order valence-corrected chi connectivity index (χ3v) is 14.4. The molecule has 3 amide bonds. The second kappa shape index (κ2) is 30.0. The number of amides is 3. The van der Waals surface area contributed by atoms with E-state index in [0.717, 1.165) is 93.0 Å². The Labute approximate surface area is 501 Å². The van der Waals surface area contributed by atoms with Crippen LogP contribution in [0.2, 0.25) is 0 Å². The number of benzene rings is 2. The van der Waals surface area contributed by atoms with Gasteiger partial charge in [-0.25, -0.2) is 4.79 Å². The number of ether oxygens (including phenoxy) is 15. The summed E-state index contributed by atoms with van der Waals surface area (Å²) in [6, 6.07) is 10.8. The van der Waals surface area contributed by atoms with Gasteiger partial charge in [-0.2, -0.15) is 0 Å². The van der Waals surface area contributed by atoms with Crippen LogP contribution in [0.3, 0.4) is 0 Å². The number of fused-ring (bicyclic) bond motifs is 1. The Bertz CT molecular complexity index is 2910. The van der Waals surface area contributed by atoms with Crippen molar-refractivity contribution in [2.45, 2.75) is 177 Å². The Kier molecular flexibility index (Phi) is 23.5. The zero-order valence-electron chi connectivity index (χ0n) is 49.0. The standard InChI is InChI=1S/C56H66N2O28S/c1-25(59)57-42-38(76-29(5)63)21-56(55(71)72-11,85-47(42)44(78-31(7)65)39(77-30(6)64)22-73-26(2)60)86-49-46(79-32(8)66)40(23-74-27(3)61)82-53(50(49)81-34(10)68)84-45-41(24-75-28(4)62)83-54(87-35-17-13-12-14-18-35)43(48(45)80-33(9)67)58-51(69)36-19-15-16-20-37(36)52(58)70/h12-20,38-50,53-54H,21-24H2,1-11H3,(H,57,59)/t38-,39+,40+,41+,42+,43+,44+,45+,46-,47-,48+,49-,50+,53-,54-,56-/m0/s1. The summed E-state index contributed by atoms with van der Waals surface area (Å²) >= 11 is 0.969. The van der Waals surface area contributed by atoms with Crippen LogP contribution in [0.1, 0.15) is 96.4 Å². The van der Waals surface area contributed by atoms with Crippen molar-refractivity contribution in [2.24, 2.45) is 0 Å². The highest BCUT2D eigenvalue weighted by molar-refractivity contribution is 7.99. The summed E-state index contributed by atoms with van der Waals surface area (Å²) < 4.78 is 89.3. The molecule has 16 atom stereocenters. The van der Waals surface area contributed by atoms with Crippen LogP contribution in [-0.2, 0) is 124 Å². The van der Waals surface area contributed by atoms with E-state index in [0.29, 0.717) is 4.90 Å². The van der Waals surface area contributed by atoms with Crippen LogP contribution in [-0.4, -0.2) is 206 Å². The first-order valence-electron chi connectivity index (χ1n) is 26.8. The van der Waals surface area contributed by atoms with Crippen molar-refractivity contribution in [1.29, 1.82) is 0 Å². The Morgan fingerprint density at radius 2 is 1.11 bits per heavy atom. The average Bonchev–Trinajstić information content (AvgIpc) is 1.74. The first kappa shape index (κ1) is 68.0. The first-order valence-corrected chi connectivity index (χ1v) is 27.7. The Morgan fingerprint density at radius 1 is 0.598 bits per heavy atom. The van der Waals surface area contributed by atoms with Crippen molar-refractivity contribution in [3.63, 3.8) is 0 Å². The van der Waals surface area contributed by atoms with E-state index in [1.165, 1.54) is 24.3 Å². The molecule has 4 heterocycles. The van der Waals surface area contributed by atoms with Gasteiger partial charge in [0.05, 0.1) is 30.7 Å². The SMILES string of the molecule is COC(=O)[C@@]1(O[C@H]2[C@@H](OC(C)=O)[C@@H](COC(C)=O)O[C@@H](O[C@H]3[C@H](OC(C)=O)[C@@H](N4C(=O)c5ccccc5C4=O)[C@H](Sc4ccccc4)O[C@@H]3COC(C)=O)[C@@H]2OC(C)=O)C[C@H](OC(C)=O)[C@@H](NC(C)=O)[C@@H]([C@H](OC(C)=O)[C@@H](COC(C)=O)OC(C)=O)O1. The minimum absolute atomic E-state index is 0.0427. The van der Waals surface area contributed by atoms with E-state index in [9.17, 15) is 62.3 Å². The Hall–Kier alpha value is -8.10. The lowest BCUT2D eigenvalue weighted by atomic mass is 9.87. The van der Waals surface area contributed by atoms with E-state index < -0.39 is 200 Å². The molecule has 0 radical (unpaired) electrons. The molecule has 0 spiro atoms. The molecular weight excluding hydrogens is 1180 g/mol. The fourth-order valence-electron chi connectivity index (χ4n) is 10.2. The van der Waals surface area contributed by atoms with Gasteiger partial charge in [-0.1, -0.05) is 42.1 Å². The predicted molar refractivity (Wildman–Crippen MR) is 285 cm³/mol. The monoisotopic (exact) mass is 1250 g/mol. The zero-order chi connectivity index (χ0) is 64.2. The minimum atomic E-state index is -3.19. The average molecular weight is 1250 g/mol. The topological polar surface area (TPSA) is 376 Å². The van der Waals surface area contributed by atoms with Gasteiger partial charge >= 0.3 is 59.7 Å². The zero-order valence-corrected chi connectivity index (χ0v) is 49.8. The summed E-state index contributed by atoms with van der Waals surface area (Å²) in [5.41, 5.74) is -1.48. The third kappa shape index (κ3) is 17.3. The van der Waals surface area contributed by atoms with E-state index in [1.807, 2.05) is 0 Å². The maximum Gasteiger partial charge on any atom is 0.366 e. The van der Waals surface area contributed by atoms with Gasteiger partial charge in [-0.3, -0.25) is 62.4 Å². The molecule has 3 fully saturated rings. The third-order valence-electron chi connectivity index (χ3n) is 13.2. The molecule has 6 rings (SSSR count). The molecule has 3 saturated heterocycles. The lowest BCUT2D eigenvalue weighted by Crippen LogP contribution is -2.72. The van der Waals surface area contributed by atoms with Gasteiger partial charge in [0, 0.05) is 74.1 Å². The molecule has 4 aliphatic rings. The fraction of sp³-hybridized carbons (Fsp3) is 0.554. The summed E-state index contributed by atoms with van der Waals surface area (Å²) in [5.74, 6) is -16.7. The molecule has 0 aliphatic carbocycles. The van der Waals surface area contributed by atoms with Gasteiger partial charge in [-0.15, -0.1) is 0 Å². The van der Waals surface area contributed by atoms with Crippen LogP contribution < -0.4 is 5.32 Å². The number of esters is 10. The van der Waals surface area contributed by atoms with Crippen LogP contribution in [0.25, 0.3) is 0 Å². The van der Waals surface area contributed by atoms with Crippen LogP contribution in [0.15, 0.2) is 59.5 Å². The number of carbonyl (C=O) groups is 13. The summed E-state index contributed by atoms with van der Waals surface area (Å²) in [4.78, 5) is 176. The molecule has 0 bridgehead atoms. The number of nitrogens with zero attached hydrogens (tertiary/aromatic N) is 1. The van der Waals surface area contributed by atoms with Gasteiger partial charge in [0.25, 0.3) is 17.6 Å². The van der Waals surface area contributed by atoms with E-state index in [-0.39, 0.29) is 11.1 Å². The largest absolute Gasteiger partial charge is 0.465 e. The Morgan fingerprint density at radius 3 is 1.62 bits per heavy atom. The van der Waals surface area contributed by atoms with Crippen molar-refractivity contribution in [2.75, 3.05) is 26.9 Å².